The minimum absolute atomic E-state index is 0.0803. The van der Waals surface area contributed by atoms with E-state index in [4.69, 9.17) is 0 Å². The molecular weight excluding hydrogens is 131 g/mol. The zero-order chi connectivity index (χ0) is 6.95. The van der Waals surface area contributed by atoms with Crippen molar-refractivity contribution in [3.8, 4) is 0 Å². The summed E-state index contributed by atoms with van der Waals surface area (Å²) in [6.07, 6.45) is 7.28. The van der Waals surface area contributed by atoms with Gasteiger partial charge in [-0.05, 0) is 12.8 Å². The molecule has 9 heavy (non-hydrogen) atoms. The molecular formula is C7H16OP+. The molecule has 0 aromatic heterocycles. The molecule has 0 rings (SSSR count). The van der Waals surface area contributed by atoms with Crippen molar-refractivity contribution in [1.82, 2.24) is 0 Å². The van der Waals surface area contributed by atoms with Gasteiger partial charge < -0.3 is 0 Å². The fourth-order valence-corrected chi connectivity index (χ4v) is 1.20. The predicted molar refractivity (Wildman–Crippen MR) is 42.6 cm³/mol. The van der Waals surface area contributed by atoms with Gasteiger partial charge in [-0.25, -0.2) is 0 Å². The Labute approximate surface area is 59.0 Å². The van der Waals surface area contributed by atoms with E-state index in [0.717, 1.165) is 12.6 Å². The molecule has 1 atom stereocenters. The monoisotopic (exact) mass is 147 g/mol. The lowest BCUT2D eigenvalue weighted by Gasteiger charge is -1.91. The summed E-state index contributed by atoms with van der Waals surface area (Å²) in [7, 11) is -0.0803. The highest BCUT2D eigenvalue weighted by Gasteiger charge is 1.91. The Morgan fingerprint density at radius 1 is 1.11 bits per heavy atom. The number of unbranched alkanes of at least 4 members (excludes halogenated alkanes) is 4. The van der Waals surface area contributed by atoms with Gasteiger partial charge in [0.15, 0.2) is 0 Å². The lowest BCUT2D eigenvalue weighted by atomic mass is 10.2. The second kappa shape index (κ2) is 8.10. The second-order valence-electron chi connectivity index (χ2n) is 2.31. The van der Waals surface area contributed by atoms with Crippen LogP contribution in [0.4, 0.5) is 0 Å². The molecule has 0 fully saturated rings. The highest BCUT2D eigenvalue weighted by molar-refractivity contribution is 7.23. The molecule has 0 spiro atoms. The van der Waals surface area contributed by atoms with Gasteiger partial charge in [0.25, 0.3) is 0 Å². The fraction of sp³-hybridized carbons (Fsp3) is 1.00. The van der Waals surface area contributed by atoms with Crippen LogP contribution >= 0.6 is 8.46 Å². The van der Waals surface area contributed by atoms with Crippen molar-refractivity contribution in [1.29, 1.82) is 0 Å². The molecule has 0 saturated carbocycles. The Kier molecular flexibility index (Phi) is 8.19. The van der Waals surface area contributed by atoms with Crippen LogP contribution in [0.1, 0.15) is 39.0 Å². The van der Waals surface area contributed by atoms with Crippen LogP contribution in [0, 0.1) is 0 Å². The predicted octanol–water partition coefficient (Wildman–Crippen LogP) is 2.98. The van der Waals surface area contributed by atoms with Gasteiger partial charge in [-0.3, -0.25) is 0 Å². The molecule has 0 aliphatic carbocycles. The van der Waals surface area contributed by atoms with Gasteiger partial charge in [0.05, 0.1) is 0 Å². The van der Waals surface area contributed by atoms with Crippen LogP contribution < -0.4 is 0 Å². The van der Waals surface area contributed by atoms with Gasteiger partial charge in [0, 0.05) is 0 Å². The molecule has 2 heteroatoms. The van der Waals surface area contributed by atoms with E-state index >= 15 is 0 Å². The van der Waals surface area contributed by atoms with Crippen molar-refractivity contribution in [2.24, 2.45) is 0 Å². The zero-order valence-electron chi connectivity index (χ0n) is 6.15. The van der Waals surface area contributed by atoms with Crippen LogP contribution in [0.5, 0.6) is 0 Å². The molecule has 0 aliphatic heterocycles. The summed E-state index contributed by atoms with van der Waals surface area (Å²) in [5.41, 5.74) is 0. The van der Waals surface area contributed by atoms with E-state index in [0.29, 0.717) is 0 Å². The van der Waals surface area contributed by atoms with E-state index < -0.39 is 0 Å². The first-order valence-electron chi connectivity index (χ1n) is 3.76. The van der Waals surface area contributed by atoms with Crippen LogP contribution in [0.3, 0.4) is 0 Å². The Morgan fingerprint density at radius 3 is 2.33 bits per heavy atom. The van der Waals surface area contributed by atoms with Crippen molar-refractivity contribution >= 4 is 8.46 Å². The molecule has 54 valence electrons. The normalized spacial score (nSPS) is 10.3. The van der Waals surface area contributed by atoms with Gasteiger partial charge in [0.1, 0.15) is 6.16 Å². The summed E-state index contributed by atoms with van der Waals surface area (Å²) in [5.74, 6) is 0. The lowest BCUT2D eigenvalue weighted by molar-refractivity contribution is 0.593. The Balaban J connectivity index is 2.66. The summed E-state index contributed by atoms with van der Waals surface area (Å²) in [4.78, 5) is 0. The number of hydrogen-bond acceptors (Lipinski definition) is 1. The quantitative estimate of drug-likeness (QED) is 0.417. The van der Waals surface area contributed by atoms with E-state index in [-0.39, 0.29) is 8.46 Å². The third-order valence-electron chi connectivity index (χ3n) is 1.38. The SMILES string of the molecule is CCCCCCC[PH+]=O. The largest absolute Gasteiger partial charge is 0.324 e. The summed E-state index contributed by atoms with van der Waals surface area (Å²) < 4.78 is 9.99. The first kappa shape index (κ1) is 9.10. The van der Waals surface area contributed by atoms with Crippen LogP contribution in [-0.4, -0.2) is 6.16 Å². The molecule has 0 aromatic carbocycles. The number of rotatable bonds is 6. The lowest BCUT2D eigenvalue weighted by Crippen LogP contribution is -1.76. The molecule has 0 bridgehead atoms. The van der Waals surface area contributed by atoms with Crippen molar-refractivity contribution in [2.75, 3.05) is 6.16 Å². The van der Waals surface area contributed by atoms with Gasteiger partial charge in [-0.1, -0.05) is 30.8 Å². The van der Waals surface area contributed by atoms with E-state index in [9.17, 15) is 4.57 Å². The molecule has 0 heterocycles. The third kappa shape index (κ3) is 8.10. The maximum Gasteiger partial charge on any atom is 0.324 e. The average molecular weight is 147 g/mol. The van der Waals surface area contributed by atoms with E-state index in [1.165, 1.54) is 25.7 Å². The molecule has 0 radical (unpaired) electrons. The molecule has 1 nitrogen and oxygen atoms in total. The molecule has 0 aromatic rings. The van der Waals surface area contributed by atoms with Crippen LogP contribution in [-0.2, 0) is 4.57 Å². The van der Waals surface area contributed by atoms with Crippen molar-refractivity contribution in [2.45, 2.75) is 39.0 Å². The summed E-state index contributed by atoms with van der Waals surface area (Å²) in [6.45, 7) is 2.20. The van der Waals surface area contributed by atoms with Crippen LogP contribution in [0.2, 0.25) is 0 Å². The summed E-state index contributed by atoms with van der Waals surface area (Å²) in [5, 5.41) is 0. The minimum Gasteiger partial charge on any atom is -0.0775 e. The maximum absolute atomic E-state index is 9.99. The highest BCUT2D eigenvalue weighted by Crippen LogP contribution is 2.05. The topological polar surface area (TPSA) is 17.1 Å². The number of hydrogen-bond donors (Lipinski definition) is 0. The van der Waals surface area contributed by atoms with E-state index in [1.807, 2.05) is 0 Å². The Bertz CT molecular complexity index is 63.9. The smallest absolute Gasteiger partial charge is 0.0775 e. The van der Waals surface area contributed by atoms with Gasteiger partial charge in [-0.15, -0.1) is 0 Å². The Morgan fingerprint density at radius 2 is 1.78 bits per heavy atom. The average Bonchev–Trinajstić information content (AvgIpc) is 1.89. The first-order valence-corrected chi connectivity index (χ1v) is 4.88. The molecule has 0 amide bonds. The first-order chi connectivity index (χ1) is 4.41. The fourth-order valence-electron chi connectivity index (χ4n) is 0.801. The Hall–Kier alpha value is 0.100. The van der Waals surface area contributed by atoms with Crippen molar-refractivity contribution in [3.05, 3.63) is 0 Å². The molecule has 0 N–H and O–H groups in total. The van der Waals surface area contributed by atoms with Crippen LogP contribution in [0.15, 0.2) is 0 Å². The van der Waals surface area contributed by atoms with E-state index in [2.05, 4.69) is 6.92 Å². The van der Waals surface area contributed by atoms with Gasteiger partial charge in [0.2, 0.25) is 0 Å². The molecule has 0 aliphatic rings. The zero-order valence-corrected chi connectivity index (χ0v) is 7.15. The maximum atomic E-state index is 9.99. The van der Waals surface area contributed by atoms with E-state index in [1.54, 1.807) is 0 Å². The standard InChI is InChI=1S/C7H15OP/c1-2-3-4-5-6-7-9-8/h2-7H2,1H3/p+1. The minimum atomic E-state index is -0.0803. The molecule has 1 unspecified atom stereocenters. The van der Waals surface area contributed by atoms with Gasteiger partial charge >= 0.3 is 8.46 Å². The summed E-state index contributed by atoms with van der Waals surface area (Å²) in [6, 6.07) is 0. The van der Waals surface area contributed by atoms with Gasteiger partial charge in [-0.2, -0.15) is 0 Å². The third-order valence-corrected chi connectivity index (χ3v) is 1.94. The highest BCUT2D eigenvalue weighted by atomic mass is 31.1. The van der Waals surface area contributed by atoms with Crippen LogP contribution in [0.25, 0.3) is 0 Å². The van der Waals surface area contributed by atoms with Crippen molar-refractivity contribution < 1.29 is 4.57 Å². The molecule has 0 saturated heterocycles. The van der Waals surface area contributed by atoms with Crippen molar-refractivity contribution in [3.63, 3.8) is 0 Å². The second-order valence-corrected chi connectivity index (χ2v) is 3.10. The summed E-state index contributed by atoms with van der Waals surface area (Å²) >= 11 is 0.